The third-order valence-electron chi connectivity index (χ3n) is 2.71. The number of hydrogen-bond acceptors (Lipinski definition) is 0. The fraction of sp³-hybridized carbons (Fsp3) is 1.00. The summed E-state index contributed by atoms with van der Waals surface area (Å²) in [5.41, 5.74) is 0. The molecular weight excluding hydrogens is 210 g/mol. The SMILES string of the molecule is CCCCC[CH2][Zn][CH2]CCCCC. The van der Waals surface area contributed by atoms with Gasteiger partial charge in [-0.15, -0.1) is 0 Å². The Bertz CT molecular complexity index is 71.2. The van der Waals surface area contributed by atoms with Gasteiger partial charge in [0, 0.05) is 0 Å². The average Bonchev–Trinajstić information content (AvgIpc) is 2.16. The van der Waals surface area contributed by atoms with Crippen LogP contribution in [0.15, 0.2) is 0 Å². The Morgan fingerprint density at radius 1 is 0.615 bits per heavy atom. The quantitative estimate of drug-likeness (QED) is 0.367. The van der Waals surface area contributed by atoms with Crippen molar-refractivity contribution in [2.45, 2.75) is 75.2 Å². The van der Waals surface area contributed by atoms with Crippen molar-refractivity contribution < 1.29 is 17.1 Å². The van der Waals surface area contributed by atoms with Crippen LogP contribution in [0.3, 0.4) is 0 Å². The summed E-state index contributed by atoms with van der Waals surface area (Å²) in [5, 5.41) is 3.33. The summed E-state index contributed by atoms with van der Waals surface area (Å²) in [6, 6.07) is 0. The molecule has 0 amide bonds. The second-order valence-electron chi connectivity index (χ2n) is 4.18. The van der Waals surface area contributed by atoms with E-state index in [0.29, 0.717) is 0 Å². The van der Waals surface area contributed by atoms with Crippen molar-refractivity contribution in [3.63, 3.8) is 0 Å². The Balaban J connectivity index is 2.76. The molecule has 0 bridgehead atoms. The first-order valence-electron chi connectivity index (χ1n) is 6.41. The summed E-state index contributed by atoms with van der Waals surface area (Å²) < 4.78 is 0. The molecule has 0 aliphatic carbocycles. The molecule has 0 aliphatic heterocycles. The fourth-order valence-corrected chi connectivity index (χ4v) is 5.45. The minimum absolute atomic E-state index is 0.0381. The van der Waals surface area contributed by atoms with Gasteiger partial charge in [0.2, 0.25) is 0 Å². The van der Waals surface area contributed by atoms with Crippen LogP contribution >= 0.6 is 0 Å². The first kappa shape index (κ1) is 13.6. The first-order chi connectivity index (χ1) is 6.41. The molecule has 76 valence electrons. The van der Waals surface area contributed by atoms with Crippen molar-refractivity contribution in [3.05, 3.63) is 0 Å². The van der Waals surface area contributed by atoms with E-state index in [4.69, 9.17) is 0 Å². The van der Waals surface area contributed by atoms with E-state index < -0.39 is 0 Å². The Kier molecular flexibility index (Phi) is 13.2. The van der Waals surface area contributed by atoms with Crippen LogP contribution in [-0.4, -0.2) is 0 Å². The number of hydrogen-bond donors (Lipinski definition) is 0. The van der Waals surface area contributed by atoms with Crippen LogP contribution in [0.4, 0.5) is 0 Å². The summed E-state index contributed by atoms with van der Waals surface area (Å²) in [6.45, 7) is 4.60. The molecule has 0 rings (SSSR count). The van der Waals surface area contributed by atoms with Gasteiger partial charge in [-0.05, 0) is 0 Å². The van der Waals surface area contributed by atoms with Crippen molar-refractivity contribution in [1.29, 1.82) is 0 Å². The first-order valence-corrected chi connectivity index (χ1v) is 10.6. The molecule has 0 saturated carbocycles. The van der Waals surface area contributed by atoms with Crippen LogP contribution in [0, 0.1) is 0 Å². The van der Waals surface area contributed by atoms with Gasteiger partial charge in [-0.2, -0.15) is 0 Å². The molecule has 0 N–H and O–H groups in total. The van der Waals surface area contributed by atoms with Gasteiger partial charge < -0.3 is 0 Å². The van der Waals surface area contributed by atoms with Gasteiger partial charge in [0.25, 0.3) is 0 Å². The van der Waals surface area contributed by atoms with Gasteiger partial charge >= 0.3 is 92.4 Å². The van der Waals surface area contributed by atoms with E-state index in [1.165, 1.54) is 38.5 Å². The zero-order valence-electron chi connectivity index (χ0n) is 9.78. The molecule has 0 fully saturated rings. The second-order valence-corrected chi connectivity index (χ2v) is 8.63. The Morgan fingerprint density at radius 3 is 1.46 bits per heavy atom. The second kappa shape index (κ2) is 12.6. The van der Waals surface area contributed by atoms with Crippen LogP contribution in [-0.2, 0) is 17.1 Å². The van der Waals surface area contributed by atoms with Crippen LogP contribution < -0.4 is 0 Å². The summed E-state index contributed by atoms with van der Waals surface area (Å²) in [5.74, 6) is 0. The van der Waals surface area contributed by atoms with Gasteiger partial charge in [0.15, 0.2) is 0 Å². The summed E-state index contributed by atoms with van der Waals surface area (Å²) in [4.78, 5) is 0. The average molecular weight is 236 g/mol. The Hall–Kier alpha value is 0.623. The molecule has 0 aliphatic rings. The molecule has 0 unspecified atom stereocenters. The minimum atomic E-state index is -0.0381. The van der Waals surface area contributed by atoms with Crippen molar-refractivity contribution in [3.8, 4) is 0 Å². The van der Waals surface area contributed by atoms with Crippen LogP contribution in [0.2, 0.25) is 10.0 Å². The van der Waals surface area contributed by atoms with Gasteiger partial charge in [-0.3, -0.25) is 0 Å². The van der Waals surface area contributed by atoms with E-state index in [-0.39, 0.29) is 17.1 Å². The summed E-state index contributed by atoms with van der Waals surface area (Å²) >= 11 is -0.0381. The third kappa shape index (κ3) is 12.6. The Morgan fingerprint density at radius 2 is 1.08 bits per heavy atom. The van der Waals surface area contributed by atoms with E-state index in [1.54, 1.807) is 22.9 Å². The van der Waals surface area contributed by atoms with Gasteiger partial charge in [0.1, 0.15) is 0 Å². The monoisotopic (exact) mass is 234 g/mol. The van der Waals surface area contributed by atoms with Crippen molar-refractivity contribution in [2.24, 2.45) is 0 Å². The zero-order valence-corrected chi connectivity index (χ0v) is 12.7. The van der Waals surface area contributed by atoms with Gasteiger partial charge in [-0.1, -0.05) is 0 Å². The predicted molar refractivity (Wildman–Crippen MR) is 57.9 cm³/mol. The zero-order chi connectivity index (χ0) is 9.78. The van der Waals surface area contributed by atoms with Crippen molar-refractivity contribution in [1.82, 2.24) is 0 Å². The number of unbranched alkanes of at least 4 members (excludes halogenated alkanes) is 6. The molecule has 0 nitrogen and oxygen atoms in total. The van der Waals surface area contributed by atoms with E-state index in [0.717, 1.165) is 0 Å². The van der Waals surface area contributed by atoms with Crippen molar-refractivity contribution >= 4 is 0 Å². The topological polar surface area (TPSA) is 0 Å². The fourth-order valence-electron chi connectivity index (χ4n) is 1.74. The molecule has 0 atom stereocenters. The van der Waals surface area contributed by atoms with Gasteiger partial charge in [0.05, 0.1) is 0 Å². The summed E-state index contributed by atoms with van der Waals surface area (Å²) in [7, 11) is 0. The van der Waals surface area contributed by atoms with E-state index in [9.17, 15) is 0 Å². The molecule has 0 heterocycles. The predicted octanol–water partition coefficient (Wildman–Crippen LogP) is 5.07. The molecule has 0 aromatic heterocycles. The van der Waals surface area contributed by atoms with E-state index in [1.807, 2.05) is 0 Å². The Labute approximate surface area is 92.5 Å². The van der Waals surface area contributed by atoms with Crippen LogP contribution in [0.1, 0.15) is 65.2 Å². The van der Waals surface area contributed by atoms with Crippen LogP contribution in [0.5, 0.6) is 0 Å². The number of rotatable bonds is 10. The molecule has 0 aromatic carbocycles. The third-order valence-corrected chi connectivity index (χ3v) is 6.90. The molecule has 13 heavy (non-hydrogen) atoms. The molecule has 0 aromatic rings. The molecule has 0 saturated heterocycles. The van der Waals surface area contributed by atoms with E-state index >= 15 is 0 Å². The normalized spacial score (nSPS) is 10.0. The molecular formula is C12H26Zn. The molecule has 0 spiro atoms. The maximum atomic E-state index is 2.30. The van der Waals surface area contributed by atoms with Gasteiger partial charge in [-0.25, -0.2) is 0 Å². The van der Waals surface area contributed by atoms with Crippen LogP contribution in [0.25, 0.3) is 0 Å². The molecule has 0 radical (unpaired) electrons. The van der Waals surface area contributed by atoms with Crippen molar-refractivity contribution in [2.75, 3.05) is 0 Å². The maximum absolute atomic E-state index is 2.30. The van der Waals surface area contributed by atoms with E-state index in [2.05, 4.69) is 13.8 Å². The standard InChI is InChI=1S/2C6H13.Zn/c2*1-3-5-6-4-2;/h2*1,3-6H2,2H3;. The molecule has 1 heteroatoms. The summed E-state index contributed by atoms with van der Waals surface area (Å²) in [6.07, 6.45) is 11.9.